The molecule has 0 fully saturated rings. The van der Waals surface area contributed by atoms with Gasteiger partial charge in [0.1, 0.15) is 5.70 Å². The molecule has 0 spiro atoms. The molecule has 3 nitrogen and oxygen atoms in total. The summed E-state index contributed by atoms with van der Waals surface area (Å²) in [6.07, 6.45) is 2.00. The molecule has 1 aromatic rings. The number of allylic oxidation sites excluding steroid dienone is 1. The van der Waals surface area contributed by atoms with Gasteiger partial charge < -0.3 is 24.0 Å². The average Bonchev–Trinajstić information content (AvgIpc) is 2.38. The van der Waals surface area contributed by atoms with E-state index in [-0.39, 0.29) is 35.8 Å². The van der Waals surface area contributed by atoms with E-state index in [0.717, 1.165) is 22.0 Å². The van der Waals surface area contributed by atoms with Gasteiger partial charge in [-0.3, -0.25) is 9.79 Å². The van der Waals surface area contributed by atoms with E-state index >= 15 is 0 Å². The second kappa shape index (κ2) is 7.09. The quantitative estimate of drug-likeness (QED) is 0.576. The number of Topliss-reactive ketones (excluding diaryl/α,β-unsaturated/α-hetero) is 1. The van der Waals surface area contributed by atoms with E-state index in [1.807, 2.05) is 43.5 Å². The Kier molecular flexibility index (Phi) is 6.06. The highest BCUT2D eigenvalue weighted by Gasteiger charge is 2.30. The number of hydrogen-bond donors (Lipinski definition) is 2. The SMILES string of the molecule is CSC1=[NH+]C(c2ccccc2)C(C(C)=O)=C(C)N1.[I-]. The van der Waals surface area contributed by atoms with Crippen molar-refractivity contribution >= 4 is 22.7 Å². The first-order valence-electron chi connectivity index (χ1n) is 5.84. The van der Waals surface area contributed by atoms with E-state index in [0.29, 0.717) is 0 Å². The molecular formula is C14H17IN2OS. The Morgan fingerprint density at radius 2 is 1.95 bits per heavy atom. The fourth-order valence-electron chi connectivity index (χ4n) is 2.17. The normalized spacial score (nSPS) is 18.3. The van der Waals surface area contributed by atoms with Crippen LogP contribution >= 0.6 is 11.8 Å². The molecule has 0 bridgehead atoms. The molecule has 1 aliphatic rings. The predicted molar refractivity (Wildman–Crippen MR) is 75.2 cm³/mol. The first-order chi connectivity index (χ1) is 8.63. The molecule has 0 aromatic heterocycles. The number of thioether (sulfide) groups is 1. The van der Waals surface area contributed by atoms with Gasteiger partial charge in [-0.25, -0.2) is 5.32 Å². The van der Waals surface area contributed by atoms with Crippen molar-refractivity contribution in [2.75, 3.05) is 6.26 Å². The topological polar surface area (TPSA) is 43.1 Å². The minimum Gasteiger partial charge on any atom is -1.00 e. The Bertz CT molecular complexity index is 526. The van der Waals surface area contributed by atoms with Crippen molar-refractivity contribution in [1.82, 2.24) is 5.32 Å². The van der Waals surface area contributed by atoms with Crippen molar-refractivity contribution in [3.05, 3.63) is 47.2 Å². The molecule has 0 saturated carbocycles. The van der Waals surface area contributed by atoms with Crippen LogP contribution in [0.5, 0.6) is 0 Å². The number of ketones is 1. The third kappa shape index (κ3) is 3.60. The highest BCUT2D eigenvalue weighted by Crippen LogP contribution is 2.22. The van der Waals surface area contributed by atoms with Crippen LogP contribution in [0.1, 0.15) is 25.5 Å². The zero-order valence-corrected chi connectivity index (χ0v) is 14.1. The molecule has 0 aliphatic carbocycles. The summed E-state index contributed by atoms with van der Waals surface area (Å²) in [5.41, 5.74) is 2.84. The summed E-state index contributed by atoms with van der Waals surface area (Å²) in [4.78, 5) is 15.2. The number of halogens is 1. The van der Waals surface area contributed by atoms with Gasteiger partial charge in [-0.05, 0) is 31.9 Å². The standard InChI is InChI=1S/C14H16N2OS.HI/c1-9-12(10(2)17)13(16-14(15-9)18-3)11-7-5-4-6-8-11;/h4-8,13H,1-3H3,(H,15,16);1H. The van der Waals surface area contributed by atoms with Gasteiger partial charge in [0.2, 0.25) is 0 Å². The molecular weight excluding hydrogens is 371 g/mol. The van der Waals surface area contributed by atoms with E-state index in [2.05, 4.69) is 10.3 Å². The molecule has 1 aliphatic heterocycles. The number of carbonyl (C=O) groups excluding carboxylic acids is 1. The smallest absolute Gasteiger partial charge is 0.309 e. The Morgan fingerprint density at radius 3 is 2.47 bits per heavy atom. The lowest BCUT2D eigenvalue weighted by molar-refractivity contribution is -0.498. The highest BCUT2D eigenvalue weighted by atomic mass is 127. The summed E-state index contributed by atoms with van der Waals surface area (Å²) < 4.78 is 0. The van der Waals surface area contributed by atoms with Crippen molar-refractivity contribution in [2.45, 2.75) is 19.9 Å². The molecule has 19 heavy (non-hydrogen) atoms. The second-order valence-electron chi connectivity index (χ2n) is 4.24. The summed E-state index contributed by atoms with van der Waals surface area (Å²) in [6, 6.07) is 9.98. The van der Waals surface area contributed by atoms with Gasteiger partial charge in [-0.1, -0.05) is 30.3 Å². The molecule has 1 atom stereocenters. The summed E-state index contributed by atoms with van der Waals surface area (Å²) >= 11 is 1.61. The molecule has 0 saturated heterocycles. The van der Waals surface area contributed by atoms with Gasteiger partial charge in [0.15, 0.2) is 11.8 Å². The summed E-state index contributed by atoms with van der Waals surface area (Å²) in [5, 5.41) is 4.20. The molecule has 2 rings (SSSR count). The molecule has 0 radical (unpaired) electrons. The molecule has 102 valence electrons. The van der Waals surface area contributed by atoms with Crippen molar-refractivity contribution < 1.29 is 33.8 Å². The fourth-order valence-corrected chi connectivity index (χ4v) is 2.66. The van der Waals surface area contributed by atoms with Crippen LogP contribution in [-0.4, -0.2) is 17.2 Å². The Balaban J connectivity index is 0.00000180. The Labute approximate surface area is 135 Å². The van der Waals surface area contributed by atoms with Crippen LogP contribution in [0.2, 0.25) is 0 Å². The average molecular weight is 388 g/mol. The highest BCUT2D eigenvalue weighted by molar-refractivity contribution is 8.12. The second-order valence-corrected chi connectivity index (χ2v) is 5.06. The van der Waals surface area contributed by atoms with Gasteiger partial charge >= 0.3 is 5.17 Å². The monoisotopic (exact) mass is 388 g/mol. The molecule has 2 N–H and O–H groups in total. The maximum Gasteiger partial charge on any atom is 0.309 e. The van der Waals surface area contributed by atoms with E-state index < -0.39 is 0 Å². The Hall–Kier alpha value is -0.820. The lowest BCUT2D eigenvalue weighted by Gasteiger charge is -2.20. The van der Waals surface area contributed by atoms with Crippen LogP contribution in [0.15, 0.2) is 41.6 Å². The van der Waals surface area contributed by atoms with Gasteiger partial charge in [0.25, 0.3) is 0 Å². The van der Waals surface area contributed by atoms with Gasteiger partial charge in [0.05, 0.1) is 5.57 Å². The van der Waals surface area contributed by atoms with Crippen molar-refractivity contribution in [3.8, 4) is 0 Å². The van der Waals surface area contributed by atoms with Crippen molar-refractivity contribution in [2.24, 2.45) is 0 Å². The maximum atomic E-state index is 11.8. The molecule has 1 aromatic carbocycles. The number of nitrogens with one attached hydrogen (secondary N) is 2. The lowest BCUT2D eigenvalue weighted by Crippen LogP contribution is -3.00. The summed E-state index contributed by atoms with van der Waals surface area (Å²) in [7, 11) is 0. The van der Waals surface area contributed by atoms with E-state index in [4.69, 9.17) is 0 Å². The minimum absolute atomic E-state index is 0. The molecule has 1 heterocycles. The Morgan fingerprint density at radius 1 is 1.32 bits per heavy atom. The summed E-state index contributed by atoms with van der Waals surface area (Å²) in [5.74, 6) is 0.0986. The van der Waals surface area contributed by atoms with Crippen molar-refractivity contribution in [1.29, 1.82) is 0 Å². The third-order valence-corrected chi connectivity index (χ3v) is 3.61. The number of carbonyl (C=O) groups is 1. The first kappa shape index (κ1) is 16.2. The van der Waals surface area contributed by atoms with Crippen LogP contribution in [0.3, 0.4) is 0 Å². The van der Waals surface area contributed by atoms with Gasteiger partial charge in [-0.15, -0.1) is 0 Å². The van der Waals surface area contributed by atoms with Crippen LogP contribution in [0.4, 0.5) is 0 Å². The van der Waals surface area contributed by atoms with E-state index in [1.165, 1.54) is 0 Å². The molecule has 5 heteroatoms. The van der Waals surface area contributed by atoms with Crippen LogP contribution in [-0.2, 0) is 4.79 Å². The predicted octanol–water partition coefficient (Wildman–Crippen LogP) is -2.00. The van der Waals surface area contributed by atoms with Crippen molar-refractivity contribution in [3.63, 3.8) is 0 Å². The lowest BCUT2D eigenvalue weighted by atomic mass is 9.94. The summed E-state index contributed by atoms with van der Waals surface area (Å²) in [6.45, 7) is 3.56. The van der Waals surface area contributed by atoms with Gasteiger partial charge in [0, 0.05) is 5.56 Å². The number of benzene rings is 1. The maximum absolute atomic E-state index is 11.8. The van der Waals surface area contributed by atoms with Crippen LogP contribution in [0.25, 0.3) is 0 Å². The number of amidine groups is 1. The fraction of sp³-hybridized carbons (Fsp3) is 0.286. The zero-order chi connectivity index (χ0) is 13.1. The molecule has 1 unspecified atom stereocenters. The number of rotatable bonds is 2. The minimum atomic E-state index is -0.0626. The first-order valence-corrected chi connectivity index (χ1v) is 7.07. The van der Waals surface area contributed by atoms with E-state index in [9.17, 15) is 4.79 Å². The van der Waals surface area contributed by atoms with E-state index in [1.54, 1.807) is 18.7 Å². The molecule has 0 amide bonds. The van der Waals surface area contributed by atoms with Crippen LogP contribution in [0, 0.1) is 0 Å². The van der Waals surface area contributed by atoms with Gasteiger partial charge in [-0.2, -0.15) is 0 Å². The zero-order valence-electron chi connectivity index (χ0n) is 11.2. The largest absolute Gasteiger partial charge is 1.00 e. The number of hydrogen-bond acceptors (Lipinski definition) is 3. The van der Waals surface area contributed by atoms with Crippen LogP contribution < -0.4 is 34.3 Å². The third-order valence-electron chi connectivity index (χ3n) is 2.99.